The van der Waals surface area contributed by atoms with Gasteiger partial charge in [0.25, 0.3) is 5.91 Å². The molecule has 0 bridgehead atoms. The first-order valence-corrected chi connectivity index (χ1v) is 9.03. The minimum atomic E-state index is -0.725. The van der Waals surface area contributed by atoms with Crippen molar-refractivity contribution in [2.24, 2.45) is 0 Å². The maximum atomic E-state index is 12.3. The van der Waals surface area contributed by atoms with Gasteiger partial charge in [0.15, 0.2) is 0 Å². The van der Waals surface area contributed by atoms with Crippen molar-refractivity contribution in [2.75, 3.05) is 0 Å². The van der Waals surface area contributed by atoms with E-state index in [0.717, 1.165) is 11.3 Å². The van der Waals surface area contributed by atoms with E-state index in [9.17, 15) is 9.90 Å². The summed E-state index contributed by atoms with van der Waals surface area (Å²) < 4.78 is 1.76. The van der Waals surface area contributed by atoms with Crippen LogP contribution in [-0.4, -0.2) is 37.0 Å². The van der Waals surface area contributed by atoms with Crippen LogP contribution >= 0.6 is 11.6 Å². The van der Waals surface area contributed by atoms with E-state index >= 15 is 0 Å². The molecule has 2 heterocycles. The Balaban J connectivity index is 1.70. The Morgan fingerprint density at radius 1 is 1.39 bits per heavy atom. The smallest absolute Gasteiger partial charge is 0.272 e. The lowest BCUT2D eigenvalue weighted by atomic mass is 10.1. The van der Waals surface area contributed by atoms with Gasteiger partial charge in [-0.1, -0.05) is 17.7 Å². The second-order valence-corrected chi connectivity index (χ2v) is 6.87. The van der Waals surface area contributed by atoms with Gasteiger partial charge < -0.3 is 10.4 Å². The number of hydrogen-bond donors (Lipinski definition) is 3. The van der Waals surface area contributed by atoms with Gasteiger partial charge in [-0.25, -0.2) is 0 Å². The van der Waals surface area contributed by atoms with Gasteiger partial charge in [0.2, 0.25) is 0 Å². The van der Waals surface area contributed by atoms with Crippen LogP contribution in [0.15, 0.2) is 36.5 Å². The summed E-state index contributed by atoms with van der Waals surface area (Å²) in [6.45, 7) is 3.88. The molecule has 144 valence electrons. The van der Waals surface area contributed by atoms with Gasteiger partial charge in [-0.15, -0.1) is 0 Å². The first kappa shape index (κ1) is 19.6. The van der Waals surface area contributed by atoms with Crippen LogP contribution in [0.25, 0.3) is 11.3 Å². The summed E-state index contributed by atoms with van der Waals surface area (Å²) in [4.78, 5) is 12.3. The highest BCUT2D eigenvalue weighted by atomic mass is 35.5. The molecule has 3 aromatic rings. The molecule has 1 aromatic carbocycles. The largest absolute Gasteiger partial charge is 0.387 e. The molecule has 0 aliphatic carbocycles. The van der Waals surface area contributed by atoms with Crippen molar-refractivity contribution in [1.29, 1.82) is 5.26 Å². The number of aliphatic hydroxyl groups excluding tert-OH is 1. The van der Waals surface area contributed by atoms with E-state index in [0.29, 0.717) is 22.8 Å². The van der Waals surface area contributed by atoms with Crippen LogP contribution in [0.5, 0.6) is 0 Å². The average molecular weight is 399 g/mol. The molecule has 2 aromatic heterocycles. The molecule has 2 atom stereocenters. The average Bonchev–Trinajstić information content (AvgIpc) is 3.31. The zero-order valence-electron chi connectivity index (χ0n) is 15.3. The molecule has 9 heteroatoms. The number of aromatic amines is 1. The highest BCUT2D eigenvalue weighted by molar-refractivity contribution is 6.32. The van der Waals surface area contributed by atoms with Crippen LogP contribution in [0.2, 0.25) is 5.02 Å². The molecular formula is C19H19ClN6O2. The Morgan fingerprint density at radius 2 is 2.18 bits per heavy atom. The van der Waals surface area contributed by atoms with Gasteiger partial charge in [0.1, 0.15) is 11.8 Å². The lowest BCUT2D eigenvalue weighted by molar-refractivity contribution is 0.0931. The second-order valence-electron chi connectivity index (χ2n) is 6.46. The Kier molecular flexibility index (Phi) is 5.78. The zero-order chi connectivity index (χ0) is 20.3. The number of benzene rings is 1. The monoisotopic (exact) mass is 398 g/mol. The minimum Gasteiger partial charge on any atom is -0.387 e. The number of aliphatic hydroxyl groups is 1. The topological polar surface area (TPSA) is 120 Å². The van der Waals surface area contributed by atoms with Crippen molar-refractivity contribution >= 4 is 17.5 Å². The van der Waals surface area contributed by atoms with E-state index in [4.69, 9.17) is 16.9 Å². The second kappa shape index (κ2) is 8.25. The molecule has 1 amide bonds. The predicted octanol–water partition coefficient (Wildman–Crippen LogP) is 2.67. The Hall–Kier alpha value is -3.15. The molecule has 0 spiro atoms. The van der Waals surface area contributed by atoms with Crippen LogP contribution in [0, 0.1) is 11.3 Å². The van der Waals surface area contributed by atoms with Crippen molar-refractivity contribution in [3.05, 3.63) is 58.5 Å². The third-order valence-corrected chi connectivity index (χ3v) is 4.52. The van der Waals surface area contributed by atoms with Gasteiger partial charge in [-0.3, -0.25) is 14.6 Å². The SMILES string of the molecule is CC(Cn1nccc1-c1ccc(C#N)c(Cl)c1)NC(=O)c1cc(C(C)O)[nH]n1. The molecule has 0 fully saturated rings. The maximum Gasteiger partial charge on any atom is 0.272 e. The summed E-state index contributed by atoms with van der Waals surface area (Å²) in [5, 5.41) is 32.6. The summed E-state index contributed by atoms with van der Waals surface area (Å²) in [6.07, 6.45) is 0.941. The molecular weight excluding hydrogens is 380 g/mol. The molecule has 0 radical (unpaired) electrons. The number of nitrogens with one attached hydrogen (secondary N) is 2. The van der Waals surface area contributed by atoms with Crippen LogP contribution < -0.4 is 5.32 Å². The number of nitriles is 1. The number of carbonyl (C=O) groups is 1. The number of amides is 1. The number of hydrogen-bond acceptors (Lipinski definition) is 5. The summed E-state index contributed by atoms with van der Waals surface area (Å²) in [7, 11) is 0. The number of rotatable bonds is 6. The lowest BCUT2D eigenvalue weighted by Gasteiger charge is -2.15. The number of aromatic nitrogens is 4. The molecule has 0 aliphatic heterocycles. The summed E-state index contributed by atoms with van der Waals surface area (Å²) in [5.41, 5.74) is 2.75. The van der Waals surface area contributed by atoms with Crippen molar-refractivity contribution in [1.82, 2.24) is 25.3 Å². The zero-order valence-corrected chi connectivity index (χ0v) is 16.1. The van der Waals surface area contributed by atoms with Crippen LogP contribution in [-0.2, 0) is 6.54 Å². The summed E-state index contributed by atoms with van der Waals surface area (Å²) in [6, 6.07) is 10.4. The van der Waals surface area contributed by atoms with E-state index < -0.39 is 6.10 Å². The number of halogens is 1. The molecule has 0 aliphatic rings. The van der Waals surface area contributed by atoms with E-state index in [-0.39, 0.29) is 17.6 Å². The van der Waals surface area contributed by atoms with Crippen LogP contribution in [0.4, 0.5) is 0 Å². The van der Waals surface area contributed by atoms with Gasteiger partial charge in [0.05, 0.1) is 34.6 Å². The maximum absolute atomic E-state index is 12.3. The molecule has 8 nitrogen and oxygen atoms in total. The number of carbonyl (C=O) groups excluding carboxylic acids is 1. The first-order chi connectivity index (χ1) is 13.4. The Morgan fingerprint density at radius 3 is 2.82 bits per heavy atom. The Labute approximate surface area is 166 Å². The fraction of sp³-hybridized carbons (Fsp3) is 0.263. The standard InChI is InChI=1S/C19H19ClN6O2/c1-11(23-19(28)17-8-16(12(2)27)24-25-17)10-26-18(5-6-22-26)13-3-4-14(9-21)15(20)7-13/h3-8,11-12,27H,10H2,1-2H3,(H,23,28)(H,24,25). The highest BCUT2D eigenvalue weighted by Crippen LogP contribution is 2.25. The first-order valence-electron chi connectivity index (χ1n) is 8.65. The molecule has 0 saturated carbocycles. The minimum absolute atomic E-state index is 0.210. The summed E-state index contributed by atoms with van der Waals surface area (Å²) in [5.74, 6) is -0.342. The molecule has 3 N–H and O–H groups in total. The normalized spacial score (nSPS) is 13.0. The quantitative estimate of drug-likeness (QED) is 0.589. The lowest BCUT2D eigenvalue weighted by Crippen LogP contribution is -2.36. The van der Waals surface area contributed by atoms with Gasteiger partial charge >= 0.3 is 0 Å². The van der Waals surface area contributed by atoms with E-state index in [1.54, 1.807) is 29.9 Å². The third kappa shape index (κ3) is 4.22. The number of nitrogens with zero attached hydrogens (tertiary/aromatic N) is 4. The molecule has 0 saturated heterocycles. The number of H-pyrrole nitrogens is 1. The third-order valence-electron chi connectivity index (χ3n) is 4.21. The van der Waals surface area contributed by atoms with Crippen molar-refractivity contribution in [3.63, 3.8) is 0 Å². The van der Waals surface area contributed by atoms with Gasteiger partial charge in [-0.2, -0.15) is 15.5 Å². The van der Waals surface area contributed by atoms with Crippen LogP contribution in [0.3, 0.4) is 0 Å². The van der Waals surface area contributed by atoms with Gasteiger partial charge in [0, 0.05) is 17.8 Å². The fourth-order valence-electron chi connectivity index (χ4n) is 2.76. The van der Waals surface area contributed by atoms with Crippen LogP contribution in [0.1, 0.15) is 41.7 Å². The van der Waals surface area contributed by atoms with E-state index in [1.165, 1.54) is 6.07 Å². The van der Waals surface area contributed by atoms with E-state index in [2.05, 4.69) is 20.6 Å². The highest BCUT2D eigenvalue weighted by Gasteiger charge is 2.17. The molecule has 2 unspecified atom stereocenters. The van der Waals surface area contributed by atoms with Crippen molar-refractivity contribution in [2.45, 2.75) is 32.5 Å². The van der Waals surface area contributed by atoms with Gasteiger partial charge in [-0.05, 0) is 38.1 Å². The molecule has 3 rings (SSSR count). The van der Waals surface area contributed by atoms with Crippen molar-refractivity contribution < 1.29 is 9.90 Å². The van der Waals surface area contributed by atoms with E-state index in [1.807, 2.05) is 25.1 Å². The Bertz CT molecular complexity index is 1030. The predicted molar refractivity (Wildman–Crippen MR) is 104 cm³/mol. The molecule has 28 heavy (non-hydrogen) atoms. The summed E-state index contributed by atoms with van der Waals surface area (Å²) >= 11 is 6.13. The van der Waals surface area contributed by atoms with Crippen molar-refractivity contribution in [3.8, 4) is 17.3 Å². The fourth-order valence-corrected chi connectivity index (χ4v) is 2.98.